The molecule has 0 spiro atoms. The summed E-state index contributed by atoms with van der Waals surface area (Å²) in [6.45, 7) is -1.21. The van der Waals surface area contributed by atoms with Crippen LogP contribution in [0.1, 0.15) is 21.6 Å². The van der Waals surface area contributed by atoms with E-state index in [0.29, 0.717) is 0 Å². The molecule has 0 atom stereocenters. The molecular formula is C15H14F3N5O2. The zero-order valence-electron chi connectivity index (χ0n) is 13.3. The monoisotopic (exact) mass is 353 g/mol. The van der Waals surface area contributed by atoms with E-state index in [4.69, 9.17) is 0 Å². The van der Waals surface area contributed by atoms with Crippen molar-refractivity contribution in [3.05, 3.63) is 47.3 Å². The van der Waals surface area contributed by atoms with Crippen LogP contribution in [0.4, 0.5) is 13.2 Å². The van der Waals surface area contributed by atoms with Crippen LogP contribution in [0.15, 0.2) is 24.7 Å². The van der Waals surface area contributed by atoms with Gasteiger partial charge in [0, 0.05) is 37.7 Å². The number of hydrogen-bond donors (Lipinski definition) is 1. The molecule has 0 aliphatic heterocycles. The predicted octanol–water partition coefficient (Wildman–Crippen LogP) is 2.05. The molecule has 3 rings (SSSR count). The lowest BCUT2D eigenvalue weighted by Gasteiger charge is -2.08. The van der Waals surface area contributed by atoms with Gasteiger partial charge in [-0.3, -0.25) is 4.79 Å². The average molecular weight is 353 g/mol. The fraction of sp³-hybridized carbons (Fsp3) is 0.267. The molecule has 1 N–H and O–H groups in total. The van der Waals surface area contributed by atoms with E-state index in [1.54, 1.807) is 10.7 Å². The molecule has 0 aliphatic carbocycles. The molecule has 0 radical (unpaired) electrons. The third kappa shape index (κ3) is 3.28. The third-order valence-electron chi connectivity index (χ3n) is 3.64. The summed E-state index contributed by atoms with van der Waals surface area (Å²) in [5, 5.41) is 6.96. The Morgan fingerprint density at radius 3 is 2.84 bits per heavy atom. The Morgan fingerprint density at radius 2 is 2.16 bits per heavy atom. The van der Waals surface area contributed by atoms with E-state index in [9.17, 15) is 18.0 Å². The van der Waals surface area contributed by atoms with Crippen molar-refractivity contribution in [1.82, 2.24) is 24.5 Å². The van der Waals surface area contributed by atoms with Crippen molar-refractivity contribution in [2.24, 2.45) is 7.05 Å². The van der Waals surface area contributed by atoms with Gasteiger partial charge in [-0.2, -0.15) is 13.9 Å². The molecule has 1 amide bonds. The second-order valence-electron chi connectivity index (χ2n) is 5.31. The van der Waals surface area contributed by atoms with Gasteiger partial charge in [0.1, 0.15) is 5.65 Å². The van der Waals surface area contributed by atoms with Gasteiger partial charge in [-0.15, -0.1) is 0 Å². The third-order valence-corrected chi connectivity index (χ3v) is 3.64. The van der Waals surface area contributed by atoms with Gasteiger partial charge in [0.05, 0.1) is 11.3 Å². The highest BCUT2D eigenvalue weighted by atomic mass is 19.3. The first-order valence-corrected chi connectivity index (χ1v) is 7.24. The first-order valence-electron chi connectivity index (χ1n) is 7.24. The van der Waals surface area contributed by atoms with E-state index in [1.807, 2.05) is 24.7 Å². The molecule has 0 saturated heterocycles. The molecule has 7 nitrogen and oxygen atoms in total. The summed E-state index contributed by atoms with van der Waals surface area (Å²) in [5.74, 6) is -2.59. The van der Waals surface area contributed by atoms with Crippen molar-refractivity contribution in [3.8, 4) is 5.88 Å². The zero-order chi connectivity index (χ0) is 18.1. The number of aryl methyl sites for hydroxylation is 2. The SMILES string of the molecule is Cc1nn2ccn(C)c2c1CNC(=O)c1cnc(OC(F)F)c(F)c1. The number of rotatable bonds is 5. The molecule has 3 aromatic rings. The van der Waals surface area contributed by atoms with Crippen molar-refractivity contribution in [3.63, 3.8) is 0 Å². The van der Waals surface area contributed by atoms with Crippen molar-refractivity contribution < 1.29 is 22.7 Å². The standard InChI is InChI=1S/C15H14F3N5O2/c1-8-10(14-22(2)3-4-23(14)21-8)7-19-12(24)9-5-11(16)13(20-6-9)25-15(17)18/h3-6,15H,7H2,1-2H3,(H,19,24). The number of halogens is 3. The molecule has 25 heavy (non-hydrogen) atoms. The highest BCUT2D eigenvalue weighted by molar-refractivity contribution is 5.94. The summed E-state index contributed by atoms with van der Waals surface area (Å²) in [6.07, 6.45) is 4.59. The van der Waals surface area contributed by atoms with Crippen LogP contribution in [0, 0.1) is 12.7 Å². The molecule has 0 unspecified atom stereocenters. The number of amides is 1. The molecule has 3 heterocycles. The van der Waals surface area contributed by atoms with Crippen molar-refractivity contribution in [2.75, 3.05) is 0 Å². The van der Waals surface area contributed by atoms with Crippen LogP contribution in [0.3, 0.4) is 0 Å². The number of nitrogens with zero attached hydrogens (tertiary/aromatic N) is 4. The van der Waals surface area contributed by atoms with Crippen molar-refractivity contribution in [1.29, 1.82) is 0 Å². The van der Waals surface area contributed by atoms with E-state index in [-0.39, 0.29) is 12.1 Å². The molecule has 0 saturated carbocycles. The van der Waals surface area contributed by atoms with Crippen LogP contribution >= 0.6 is 0 Å². The topological polar surface area (TPSA) is 73.5 Å². The van der Waals surface area contributed by atoms with Gasteiger partial charge < -0.3 is 14.6 Å². The predicted molar refractivity (Wildman–Crippen MR) is 80.9 cm³/mol. The van der Waals surface area contributed by atoms with Crippen LogP contribution < -0.4 is 10.1 Å². The molecule has 0 bridgehead atoms. The van der Waals surface area contributed by atoms with E-state index in [1.165, 1.54) is 0 Å². The van der Waals surface area contributed by atoms with Gasteiger partial charge in [0.2, 0.25) is 0 Å². The minimum Gasteiger partial charge on any atom is -0.414 e. The number of pyridine rings is 1. The average Bonchev–Trinajstić information content (AvgIpc) is 3.05. The van der Waals surface area contributed by atoms with Gasteiger partial charge in [-0.05, 0) is 13.0 Å². The number of carbonyl (C=O) groups excluding carboxylic acids is 1. The Labute approximate surface area is 140 Å². The summed E-state index contributed by atoms with van der Waals surface area (Å²) in [7, 11) is 1.85. The molecule has 3 aromatic heterocycles. The Kier molecular flexibility index (Phi) is 4.34. The molecule has 132 valence electrons. The van der Waals surface area contributed by atoms with Crippen LogP contribution in [-0.4, -0.2) is 31.7 Å². The lowest BCUT2D eigenvalue weighted by Crippen LogP contribution is -2.23. The van der Waals surface area contributed by atoms with E-state index in [0.717, 1.165) is 29.2 Å². The number of imidazole rings is 1. The smallest absolute Gasteiger partial charge is 0.388 e. The van der Waals surface area contributed by atoms with Crippen molar-refractivity contribution >= 4 is 11.6 Å². The zero-order valence-corrected chi connectivity index (χ0v) is 13.3. The number of fused-ring (bicyclic) bond motifs is 1. The number of nitrogens with one attached hydrogen (secondary N) is 1. The number of alkyl halides is 2. The van der Waals surface area contributed by atoms with Crippen molar-refractivity contribution in [2.45, 2.75) is 20.1 Å². The normalized spacial score (nSPS) is 11.3. The van der Waals surface area contributed by atoms with Gasteiger partial charge >= 0.3 is 6.61 Å². The molecule has 0 aliphatic rings. The highest BCUT2D eigenvalue weighted by Gasteiger charge is 2.17. The number of hydrogen-bond acceptors (Lipinski definition) is 4. The van der Waals surface area contributed by atoms with E-state index >= 15 is 0 Å². The maximum Gasteiger partial charge on any atom is 0.388 e. The quantitative estimate of drug-likeness (QED) is 0.762. The Hall–Kier alpha value is -3.04. The lowest BCUT2D eigenvalue weighted by atomic mass is 10.2. The fourth-order valence-corrected chi connectivity index (χ4v) is 2.48. The Morgan fingerprint density at radius 1 is 1.40 bits per heavy atom. The lowest BCUT2D eigenvalue weighted by molar-refractivity contribution is -0.0553. The van der Waals surface area contributed by atoms with Gasteiger partial charge in [0.25, 0.3) is 11.8 Å². The fourth-order valence-electron chi connectivity index (χ4n) is 2.48. The maximum atomic E-state index is 13.7. The second kappa shape index (κ2) is 6.46. The van der Waals surface area contributed by atoms with Gasteiger partial charge in [0.15, 0.2) is 5.82 Å². The number of aromatic nitrogens is 4. The number of carbonyl (C=O) groups is 1. The summed E-state index contributed by atoms with van der Waals surface area (Å²) >= 11 is 0. The summed E-state index contributed by atoms with van der Waals surface area (Å²) in [5.41, 5.74) is 2.28. The van der Waals surface area contributed by atoms with Crippen LogP contribution in [0.25, 0.3) is 5.65 Å². The summed E-state index contributed by atoms with van der Waals surface area (Å²) < 4.78 is 45.3. The van der Waals surface area contributed by atoms with Gasteiger partial charge in [-0.1, -0.05) is 0 Å². The van der Waals surface area contributed by atoms with E-state index < -0.39 is 24.2 Å². The first-order chi connectivity index (χ1) is 11.9. The van der Waals surface area contributed by atoms with Gasteiger partial charge in [-0.25, -0.2) is 13.9 Å². The minimum absolute atomic E-state index is 0.105. The largest absolute Gasteiger partial charge is 0.414 e. The maximum absolute atomic E-state index is 13.7. The molecule has 10 heteroatoms. The highest BCUT2D eigenvalue weighted by Crippen LogP contribution is 2.18. The molecule has 0 fully saturated rings. The minimum atomic E-state index is -3.19. The van der Waals surface area contributed by atoms with Crippen LogP contribution in [0.2, 0.25) is 0 Å². The first kappa shape index (κ1) is 16.8. The molecule has 0 aromatic carbocycles. The van der Waals surface area contributed by atoms with Crippen LogP contribution in [0.5, 0.6) is 5.88 Å². The van der Waals surface area contributed by atoms with Crippen LogP contribution in [-0.2, 0) is 13.6 Å². The second-order valence-corrected chi connectivity index (χ2v) is 5.31. The Balaban J connectivity index is 1.75. The Bertz CT molecular complexity index is 935. The summed E-state index contributed by atoms with van der Waals surface area (Å²) in [6, 6.07) is 0.795. The molecular weight excluding hydrogens is 339 g/mol. The number of ether oxygens (including phenoxy) is 1. The van der Waals surface area contributed by atoms with E-state index in [2.05, 4.69) is 20.1 Å². The summed E-state index contributed by atoms with van der Waals surface area (Å²) in [4.78, 5) is 15.6.